The SMILES string of the molecule is CN(C)S(=O)(=O)c1ccc2nc(NC(=O)/C=C/c3cccc([N+](=O)[O-])c3)sc2c1. The standard InChI is InChI=1S/C18H16N4O5S2/c1-21(2)29(26,27)14-7-8-15-16(11-14)28-18(19-15)20-17(23)9-6-12-4-3-5-13(10-12)22(24)25/h3-11H,1-2H3,(H,19,20,23)/b9-6+. The van der Waals surface area contributed by atoms with Crippen molar-refractivity contribution in [2.24, 2.45) is 0 Å². The maximum atomic E-state index is 12.2. The number of sulfonamides is 1. The number of carbonyl (C=O) groups excluding carboxylic acids is 1. The van der Waals surface area contributed by atoms with Crippen molar-refractivity contribution in [2.45, 2.75) is 4.90 Å². The number of nitro benzene ring substituents is 1. The van der Waals surface area contributed by atoms with Crippen LogP contribution in [-0.4, -0.2) is 42.6 Å². The third-order valence-corrected chi connectivity index (χ3v) is 6.62. The molecule has 150 valence electrons. The number of rotatable bonds is 6. The third-order valence-electron chi connectivity index (χ3n) is 3.88. The van der Waals surface area contributed by atoms with Crippen LogP contribution in [0.2, 0.25) is 0 Å². The molecule has 3 rings (SSSR count). The van der Waals surface area contributed by atoms with Crippen LogP contribution in [0.3, 0.4) is 0 Å². The molecule has 1 N–H and O–H groups in total. The van der Waals surface area contributed by atoms with E-state index in [9.17, 15) is 23.3 Å². The molecular weight excluding hydrogens is 416 g/mol. The molecule has 0 aliphatic carbocycles. The summed E-state index contributed by atoms with van der Waals surface area (Å²) >= 11 is 1.15. The molecule has 1 amide bonds. The second-order valence-corrected chi connectivity index (χ2v) is 9.29. The van der Waals surface area contributed by atoms with Gasteiger partial charge in [-0.15, -0.1) is 0 Å². The first-order valence-corrected chi connectivity index (χ1v) is 10.5. The topological polar surface area (TPSA) is 123 Å². The molecule has 0 unspecified atom stereocenters. The summed E-state index contributed by atoms with van der Waals surface area (Å²) < 4.78 is 26.2. The Balaban J connectivity index is 1.77. The van der Waals surface area contributed by atoms with Crippen molar-refractivity contribution in [2.75, 3.05) is 19.4 Å². The number of hydrogen-bond donors (Lipinski definition) is 1. The molecule has 2 aromatic carbocycles. The zero-order valence-electron chi connectivity index (χ0n) is 15.4. The molecule has 29 heavy (non-hydrogen) atoms. The number of nitro groups is 1. The zero-order chi connectivity index (χ0) is 21.2. The van der Waals surface area contributed by atoms with E-state index < -0.39 is 20.9 Å². The van der Waals surface area contributed by atoms with Crippen LogP contribution in [0.5, 0.6) is 0 Å². The number of aromatic nitrogens is 1. The van der Waals surface area contributed by atoms with E-state index in [-0.39, 0.29) is 10.6 Å². The van der Waals surface area contributed by atoms with Crippen LogP contribution in [0.15, 0.2) is 53.4 Å². The van der Waals surface area contributed by atoms with Gasteiger partial charge in [0.05, 0.1) is 20.0 Å². The van der Waals surface area contributed by atoms with Gasteiger partial charge in [0.2, 0.25) is 15.9 Å². The lowest BCUT2D eigenvalue weighted by atomic mass is 10.2. The van der Waals surface area contributed by atoms with E-state index in [2.05, 4.69) is 10.3 Å². The molecule has 1 heterocycles. The van der Waals surface area contributed by atoms with Gasteiger partial charge in [-0.25, -0.2) is 17.7 Å². The van der Waals surface area contributed by atoms with Crippen molar-refractivity contribution < 1.29 is 18.1 Å². The van der Waals surface area contributed by atoms with E-state index in [1.54, 1.807) is 12.1 Å². The lowest BCUT2D eigenvalue weighted by Gasteiger charge is -2.10. The smallest absolute Gasteiger partial charge is 0.270 e. The highest BCUT2D eigenvalue weighted by atomic mass is 32.2. The summed E-state index contributed by atoms with van der Waals surface area (Å²) in [5.74, 6) is -0.461. The van der Waals surface area contributed by atoms with E-state index in [0.717, 1.165) is 15.6 Å². The van der Waals surface area contributed by atoms with Crippen LogP contribution in [0.4, 0.5) is 10.8 Å². The quantitative estimate of drug-likeness (QED) is 0.363. The Morgan fingerprint density at radius 3 is 2.69 bits per heavy atom. The number of fused-ring (bicyclic) bond motifs is 1. The number of carbonyl (C=O) groups is 1. The predicted molar refractivity (Wildman–Crippen MR) is 111 cm³/mol. The van der Waals surface area contributed by atoms with Gasteiger partial charge in [0.1, 0.15) is 0 Å². The van der Waals surface area contributed by atoms with Crippen molar-refractivity contribution in [3.63, 3.8) is 0 Å². The lowest BCUT2D eigenvalue weighted by Crippen LogP contribution is -2.22. The number of nitrogens with zero attached hydrogens (tertiary/aromatic N) is 3. The normalized spacial score (nSPS) is 12.0. The number of non-ortho nitro benzene ring substituents is 1. The van der Waals surface area contributed by atoms with Crippen LogP contribution in [-0.2, 0) is 14.8 Å². The summed E-state index contributed by atoms with van der Waals surface area (Å²) in [5, 5.41) is 13.7. The van der Waals surface area contributed by atoms with Crippen LogP contribution in [0, 0.1) is 10.1 Å². The second kappa shape index (κ2) is 8.07. The number of thiazole rings is 1. The number of benzene rings is 2. The molecule has 0 fully saturated rings. The maximum absolute atomic E-state index is 12.2. The number of nitrogens with one attached hydrogen (secondary N) is 1. The minimum Gasteiger partial charge on any atom is -0.298 e. The van der Waals surface area contributed by atoms with Crippen molar-refractivity contribution in [3.05, 3.63) is 64.2 Å². The van der Waals surface area contributed by atoms with Crippen LogP contribution in [0.1, 0.15) is 5.56 Å². The van der Waals surface area contributed by atoms with Gasteiger partial charge in [0, 0.05) is 32.3 Å². The molecule has 0 saturated heterocycles. The largest absolute Gasteiger partial charge is 0.298 e. The molecule has 0 spiro atoms. The van der Waals surface area contributed by atoms with Gasteiger partial charge in [-0.2, -0.15) is 0 Å². The lowest BCUT2D eigenvalue weighted by molar-refractivity contribution is -0.384. The van der Waals surface area contributed by atoms with E-state index in [1.807, 2.05) is 0 Å². The molecule has 9 nitrogen and oxygen atoms in total. The number of amides is 1. The Labute approximate surface area is 170 Å². The van der Waals surface area contributed by atoms with E-state index in [1.165, 1.54) is 56.6 Å². The van der Waals surface area contributed by atoms with Gasteiger partial charge in [-0.1, -0.05) is 23.5 Å². The predicted octanol–water partition coefficient (Wildman–Crippen LogP) is 3.11. The van der Waals surface area contributed by atoms with Crippen LogP contribution >= 0.6 is 11.3 Å². The highest BCUT2D eigenvalue weighted by Crippen LogP contribution is 2.29. The van der Waals surface area contributed by atoms with Crippen LogP contribution < -0.4 is 5.32 Å². The van der Waals surface area contributed by atoms with Crippen molar-refractivity contribution in [3.8, 4) is 0 Å². The Hall–Kier alpha value is -3.15. The summed E-state index contributed by atoms with van der Waals surface area (Å²) in [5.41, 5.74) is 1.00. The molecule has 3 aromatic rings. The number of hydrogen-bond acceptors (Lipinski definition) is 7. The average molecular weight is 432 g/mol. The molecule has 1 aromatic heterocycles. The molecule has 0 aliphatic heterocycles. The molecule has 11 heteroatoms. The minimum absolute atomic E-state index is 0.0674. The van der Waals surface area contributed by atoms with Crippen molar-refractivity contribution >= 4 is 54.4 Å². The highest BCUT2D eigenvalue weighted by Gasteiger charge is 2.18. The zero-order valence-corrected chi connectivity index (χ0v) is 17.0. The summed E-state index contributed by atoms with van der Waals surface area (Å²) in [4.78, 5) is 26.8. The second-order valence-electron chi connectivity index (χ2n) is 6.11. The summed E-state index contributed by atoms with van der Waals surface area (Å²) in [6.45, 7) is 0. The molecule has 0 saturated carbocycles. The molecule has 0 aliphatic rings. The summed E-state index contributed by atoms with van der Waals surface area (Å²) in [7, 11) is -0.665. The molecule has 0 radical (unpaired) electrons. The highest BCUT2D eigenvalue weighted by molar-refractivity contribution is 7.89. The Bertz CT molecular complexity index is 1230. The Morgan fingerprint density at radius 1 is 1.24 bits per heavy atom. The minimum atomic E-state index is -3.57. The first kappa shape index (κ1) is 20.6. The van der Waals surface area contributed by atoms with Gasteiger partial charge >= 0.3 is 0 Å². The van der Waals surface area contributed by atoms with Crippen LogP contribution in [0.25, 0.3) is 16.3 Å². The van der Waals surface area contributed by atoms with Gasteiger partial charge in [-0.3, -0.25) is 20.2 Å². The fourth-order valence-corrected chi connectivity index (χ4v) is 4.30. The van der Waals surface area contributed by atoms with Gasteiger partial charge in [-0.05, 0) is 29.8 Å². The number of anilines is 1. The first-order valence-electron chi connectivity index (χ1n) is 8.23. The van der Waals surface area contributed by atoms with Gasteiger partial charge < -0.3 is 0 Å². The Morgan fingerprint density at radius 2 is 2.00 bits per heavy atom. The fourth-order valence-electron chi connectivity index (χ4n) is 2.39. The van der Waals surface area contributed by atoms with E-state index >= 15 is 0 Å². The summed E-state index contributed by atoms with van der Waals surface area (Å²) in [6, 6.07) is 10.4. The van der Waals surface area contributed by atoms with Gasteiger partial charge in [0.15, 0.2) is 5.13 Å². The Kier molecular flexibility index (Phi) is 5.73. The molecule has 0 bridgehead atoms. The van der Waals surface area contributed by atoms with Crippen molar-refractivity contribution in [1.82, 2.24) is 9.29 Å². The van der Waals surface area contributed by atoms with Crippen molar-refractivity contribution in [1.29, 1.82) is 0 Å². The maximum Gasteiger partial charge on any atom is 0.270 e. The molecular formula is C18H16N4O5S2. The van der Waals surface area contributed by atoms with E-state index in [4.69, 9.17) is 0 Å². The fraction of sp³-hybridized carbons (Fsp3) is 0.111. The van der Waals surface area contributed by atoms with Gasteiger partial charge in [0.25, 0.3) is 5.69 Å². The first-order chi connectivity index (χ1) is 13.7. The van der Waals surface area contributed by atoms with E-state index in [0.29, 0.717) is 20.9 Å². The molecule has 0 atom stereocenters. The average Bonchev–Trinajstić information content (AvgIpc) is 3.07. The monoisotopic (exact) mass is 432 g/mol. The summed E-state index contributed by atoms with van der Waals surface area (Å²) in [6.07, 6.45) is 2.70. The third kappa shape index (κ3) is 4.65.